The zero-order valence-corrected chi connectivity index (χ0v) is 15.5. The van der Waals surface area contributed by atoms with Gasteiger partial charge in [0.25, 0.3) is 0 Å². The number of rotatable bonds is 6. The fourth-order valence-corrected chi connectivity index (χ4v) is 3.54. The second-order valence-corrected chi connectivity index (χ2v) is 7.22. The summed E-state index contributed by atoms with van der Waals surface area (Å²) >= 11 is 5.95. The van der Waals surface area contributed by atoms with E-state index >= 15 is 0 Å². The van der Waals surface area contributed by atoms with Crippen molar-refractivity contribution in [2.75, 3.05) is 25.0 Å². The van der Waals surface area contributed by atoms with Gasteiger partial charge in [0.2, 0.25) is 0 Å². The van der Waals surface area contributed by atoms with Gasteiger partial charge in [-0.25, -0.2) is 4.79 Å². The molecule has 1 aliphatic heterocycles. The van der Waals surface area contributed by atoms with Crippen molar-refractivity contribution < 1.29 is 4.79 Å². The monoisotopic (exact) mass is 372 g/mol. The SMILES string of the molecule is NC(=O)NC1(Nc2ccc(Cl)cc2)CCN(CCc2ccccc2)CC1. The van der Waals surface area contributed by atoms with Gasteiger partial charge < -0.3 is 21.3 Å². The number of nitrogens with two attached hydrogens (primary N) is 1. The van der Waals surface area contributed by atoms with Crippen molar-refractivity contribution in [3.05, 3.63) is 65.2 Å². The molecule has 0 bridgehead atoms. The zero-order valence-electron chi connectivity index (χ0n) is 14.7. The molecular weight excluding hydrogens is 348 g/mol. The zero-order chi connectivity index (χ0) is 18.4. The van der Waals surface area contributed by atoms with Gasteiger partial charge >= 0.3 is 6.03 Å². The first-order valence-electron chi connectivity index (χ1n) is 8.92. The van der Waals surface area contributed by atoms with E-state index in [0.717, 1.165) is 44.6 Å². The average molecular weight is 373 g/mol. The van der Waals surface area contributed by atoms with Crippen LogP contribution in [0.3, 0.4) is 0 Å². The summed E-state index contributed by atoms with van der Waals surface area (Å²) in [5.41, 5.74) is 7.17. The third-order valence-corrected chi connectivity index (χ3v) is 5.11. The van der Waals surface area contributed by atoms with Crippen molar-refractivity contribution >= 4 is 23.3 Å². The number of primary amides is 1. The van der Waals surface area contributed by atoms with Crippen LogP contribution in [-0.4, -0.2) is 36.2 Å². The maximum absolute atomic E-state index is 11.5. The number of amides is 2. The molecule has 0 saturated carbocycles. The van der Waals surface area contributed by atoms with Crippen LogP contribution in [0.4, 0.5) is 10.5 Å². The third-order valence-electron chi connectivity index (χ3n) is 4.86. The first-order chi connectivity index (χ1) is 12.5. The van der Waals surface area contributed by atoms with E-state index in [1.807, 2.05) is 30.3 Å². The number of carbonyl (C=O) groups is 1. The topological polar surface area (TPSA) is 70.4 Å². The molecule has 1 saturated heterocycles. The molecule has 3 rings (SSSR count). The van der Waals surface area contributed by atoms with Gasteiger partial charge in [-0.05, 0) is 36.2 Å². The minimum absolute atomic E-state index is 0.510. The van der Waals surface area contributed by atoms with Crippen LogP contribution >= 0.6 is 11.6 Å². The first-order valence-corrected chi connectivity index (χ1v) is 9.30. The highest BCUT2D eigenvalue weighted by atomic mass is 35.5. The van der Waals surface area contributed by atoms with E-state index in [0.29, 0.717) is 5.02 Å². The Morgan fingerprint density at radius 3 is 2.35 bits per heavy atom. The number of likely N-dealkylation sites (tertiary alicyclic amines) is 1. The fraction of sp³-hybridized carbons (Fsp3) is 0.350. The first kappa shape index (κ1) is 18.5. The van der Waals surface area contributed by atoms with Crippen LogP contribution in [0.1, 0.15) is 18.4 Å². The second kappa shape index (κ2) is 8.43. The average Bonchev–Trinajstić information content (AvgIpc) is 2.64. The van der Waals surface area contributed by atoms with E-state index in [2.05, 4.69) is 39.8 Å². The Morgan fingerprint density at radius 1 is 1.08 bits per heavy atom. The molecule has 1 fully saturated rings. The quantitative estimate of drug-likeness (QED) is 0.680. The van der Waals surface area contributed by atoms with E-state index in [4.69, 9.17) is 17.3 Å². The van der Waals surface area contributed by atoms with Gasteiger partial charge in [0.05, 0.1) is 0 Å². The van der Waals surface area contributed by atoms with Gasteiger partial charge in [0, 0.05) is 43.2 Å². The molecule has 26 heavy (non-hydrogen) atoms. The summed E-state index contributed by atoms with van der Waals surface area (Å²) < 4.78 is 0. The Balaban J connectivity index is 1.59. The van der Waals surface area contributed by atoms with E-state index in [-0.39, 0.29) is 0 Å². The van der Waals surface area contributed by atoms with Gasteiger partial charge in [-0.2, -0.15) is 0 Å². The molecule has 2 aromatic rings. The minimum Gasteiger partial charge on any atom is -0.363 e. The summed E-state index contributed by atoms with van der Waals surface area (Å²) in [6, 6.07) is 17.5. The van der Waals surface area contributed by atoms with Crippen molar-refractivity contribution in [2.45, 2.75) is 24.9 Å². The molecular formula is C20H25ClN4O. The highest BCUT2D eigenvalue weighted by Crippen LogP contribution is 2.26. The Hall–Kier alpha value is -2.24. The van der Waals surface area contributed by atoms with Crippen LogP contribution in [0, 0.1) is 0 Å². The molecule has 2 aromatic carbocycles. The van der Waals surface area contributed by atoms with Gasteiger partial charge in [0.15, 0.2) is 0 Å². The van der Waals surface area contributed by atoms with Crippen molar-refractivity contribution in [1.82, 2.24) is 10.2 Å². The van der Waals surface area contributed by atoms with Crippen LogP contribution in [0.25, 0.3) is 0 Å². The lowest BCUT2D eigenvalue weighted by Crippen LogP contribution is -2.61. The summed E-state index contributed by atoms with van der Waals surface area (Å²) in [5.74, 6) is 0. The molecule has 4 N–H and O–H groups in total. The number of nitrogens with zero attached hydrogens (tertiary/aromatic N) is 1. The minimum atomic E-state index is -0.525. The van der Waals surface area contributed by atoms with Crippen LogP contribution < -0.4 is 16.4 Å². The van der Waals surface area contributed by atoms with Gasteiger partial charge in [-0.3, -0.25) is 0 Å². The van der Waals surface area contributed by atoms with E-state index in [1.165, 1.54) is 5.56 Å². The maximum Gasteiger partial charge on any atom is 0.313 e. The summed E-state index contributed by atoms with van der Waals surface area (Å²) in [4.78, 5) is 14.0. The number of benzene rings is 2. The smallest absolute Gasteiger partial charge is 0.313 e. The molecule has 1 heterocycles. The Bertz CT molecular complexity index is 712. The Labute approximate surface area is 159 Å². The van der Waals surface area contributed by atoms with Crippen LogP contribution in [0.15, 0.2) is 54.6 Å². The second-order valence-electron chi connectivity index (χ2n) is 6.78. The molecule has 0 radical (unpaired) electrons. The number of urea groups is 1. The number of carbonyl (C=O) groups excluding carboxylic acids is 1. The predicted molar refractivity (Wildman–Crippen MR) is 106 cm³/mol. The maximum atomic E-state index is 11.5. The Kier molecular flexibility index (Phi) is 6.01. The number of piperidine rings is 1. The van der Waals surface area contributed by atoms with Gasteiger partial charge in [0.1, 0.15) is 5.66 Å². The number of hydrogen-bond acceptors (Lipinski definition) is 3. The molecule has 0 atom stereocenters. The molecule has 2 amide bonds. The number of anilines is 1. The normalized spacial score (nSPS) is 16.8. The standard InChI is InChI=1S/C20H25ClN4O/c21-17-6-8-18(9-7-17)23-20(24-19(22)26)11-14-25(15-12-20)13-10-16-4-2-1-3-5-16/h1-9,23H,10-15H2,(H3,22,24,26). The van der Waals surface area contributed by atoms with Crippen molar-refractivity contribution in [3.63, 3.8) is 0 Å². The molecule has 138 valence electrons. The molecule has 0 spiro atoms. The Morgan fingerprint density at radius 2 is 1.73 bits per heavy atom. The largest absolute Gasteiger partial charge is 0.363 e. The number of hydrogen-bond donors (Lipinski definition) is 3. The van der Waals surface area contributed by atoms with E-state index in [1.54, 1.807) is 0 Å². The summed E-state index contributed by atoms with van der Waals surface area (Å²) in [5, 5.41) is 7.05. The van der Waals surface area contributed by atoms with Crippen LogP contribution in [-0.2, 0) is 6.42 Å². The lowest BCUT2D eigenvalue weighted by molar-refractivity contribution is 0.155. The summed E-state index contributed by atoms with van der Waals surface area (Å²) in [6.07, 6.45) is 2.60. The third kappa shape index (κ3) is 5.13. The van der Waals surface area contributed by atoms with Crippen molar-refractivity contribution in [3.8, 4) is 0 Å². The molecule has 0 aliphatic carbocycles. The number of halogens is 1. The number of nitrogens with one attached hydrogen (secondary N) is 2. The van der Waals surface area contributed by atoms with Crippen LogP contribution in [0.2, 0.25) is 5.02 Å². The van der Waals surface area contributed by atoms with Crippen LogP contribution in [0.5, 0.6) is 0 Å². The predicted octanol–water partition coefficient (Wildman–Crippen LogP) is 3.46. The lowest BCUT2D eigenvalue weighted by Gasteiger charge is -2.43. The molecule has 5 nitrogen and oxygen atoms in total. The van der Waals surface area contributed by atoms with Gasteiger partial charge in [-0.15, -0.1) is 0 Å². The van der Waals surface area contributed by atoms with E-state index in [9.17, 15) is 4.79 Å². The summed E-state index contributed by atoms with van der Waals surface area (Å²) in [6.45, 7) is 2.80. The highest BCUT2D eigenvalue weighted by Gasteiger charge is 2.35. The van der Waals surface area contributed by atoms with E-state index < -0.39 is 11.7 Å². The van der Waals surface area contributed by atoms with Crippen molar-refractivity contribution in [1.29, 1.82) is 0 Å². The molecule has 1 aliphatic rings. The van der Waals surface area contributed by atoms with Gasteiger partial charge in [-0.1, -0.05) is 41.9 Å². The highest BCUT2D eigenvalue weighted by molar-refractivity contribution is 6.30. The summed E-state index contributed by atoms with van der Waals surface area (Å²) in [7, 11) is 0. The lowest BCUT2D eigenvalue weighted by atomic mass is 9.95. The van der Waals surface area contributed by atoms with Crippen molar-refractivity contribution in [2.24, 2.45) is 5.73 Å². The molecule has 0 aromatic heterocycles. The fourth-order valence-electron chi connectivity index (χ4n) is 3.42. The molecule has 6 heteroatoms. The molecule has 0 unspecified atom stereocenters.